The van der Waals surface area contributed by atoms with Crippen LogP contribution in [0.15, 0.2) is 93.5 Å². The number of benzene rings is 3. The lowest BCUT2D eigenvalue weighted by molar-refractivity contribution is -0.180. The van der Waals surface area contributed by atoms with Gasteiger partial charge >= 0.3 is 0 Å². The van der Waals surface area contributed by atoms with Crippen LogP contribution in [-0.2, 0) is 10.9 Å². The second-order valence-corrected chi connectivity index (χ2v) is 13.0. The number of halogens is 1. The average molecular weight is 474 g/mol. The Morgan fingerprint density at radius 2 is 1.26 bits per heavy atom. The van der Waals surface area contributed by atoms with E-state index in [1.165, 1.54) is 41.9 Å². The molecule has 3 heteroatoms. The minimum Gasteiger partial charge on any atom is -0.483 e. The standard InChI is InChI=1S/C31H34FOS/c1-21(2)31(24-16-22-15-23(18-24)19-25(31)17-22)33-30-20-28(13-14-29(30)32)34(26-9-5-3-6-10-26)27-11-7-4-8-12-27/h3-14,20-25H,15-19H2,1-2H3/q+1. The molecule has 3 aromatic carbocycles. The van der Waals surface area contributed by atoms with Crippen LogP contribution >= 0.6 is 0 Å². The fraction of sp³-hybridized carbons (Fsp3) is 0.419. The molecule has 34 heavy (non-hydrogen) atoms. The van der Waals surface area contributed by atoms with Crippen LogP contribution in [0.3, 0.4) is 0 Å². The molecule has 0 heterocycles. The van der Waals surface area contributed by atoms with Gasteiger partial charge in [-0.2, -0.15) is 0 Å². The van der Waals surface area contributed by atoms with Gasteiger partial charge < -0.3 is 4.74 Å². The molecule has 0 radical (unpaired) electrons. The van der Waals surface area contributed by atoms with Gasteiger partial charge in [0.05, 0.1) is 10.9 Å². The maximum Gasteiger partial charge on any atom is 0.170 e. The predicted molar refractivity (Wildman–Crippen MR) is 137 cm³/mol. The summed E-state index contributed by atoms with van der Waals surface area (Å²) in [7, 11) is -0.315. The molecule has 0 N–H and O–H groups in total. The SMILES string of the molecule is CC(C)C1(Oc2cc([S+](c3ccccc3)c3ccccc3)ccc2F)C2CC3CC(C2)CC1C3. The topological polar surface area (TPSA) is 9.23 Å². The fourth-order valence-corrected chi connectivity index (χ4v) is 9.65. The smallest absolute Gasteiger partial charge is 0.170 e. The van der Waals surface area contributed by atoms with Crippen LogP contribution < -0.4 is 4.74 Å². The van der Waals surface area contributed by atoms with E-state index >= 15 is 4.39 Å². The van der Waals surface area contributed by atoms with E-state index in [-0.39, 0.29) is 22.3 Å². The van der Waals surface area contributed by atoms with E-state index in [0.29, 0.717) is 23.5 Å². The van der Waals surface area contributed by atoms with Crippen molar-refractivity contribution in [2.45, 2.75) is 66.2 Å². The molecular weight excluding hydrogens is 439 g/mol. The number of ether oxygens (including phenoxy) is 1. The molecule has 0 spiro atoms. The van der Waals surface area contributed by atoms with Crippen molar-refractivity contribution < 1.29 is 9.13 Å². The molecule has 1 nitrogen and oxygen atoms in total. The van der Waals surface area contributed by atoms with Gasteiger partial charge in [0.15, 0.2) is 26.3 Å². The molecule has 4 aliphatic rings. The third-order valence-corrected chi connectivity index (χ3v) is 10.9. The van der Waals surface area contributed by atoms with Crippen molar-refractivity contribution in [3.8, 4) is 5.75 Å². The van der Waals surface area contributed by atoms with E-state index < -0.39 is 0 Å². The van der Waals surface area contributed by atoms with Gasteiger partial charge in [0.2, 0.25) is 0 Å². The zero-order valence-electron chi connectivity index (χ0n) is 20.1. The van der Waals surface area contributed by atoms with Crippen LogP contribution in [0.5, 0.6) is 5.75 Å². The molecule has 7 rings (SSSR count). The van der Waals surface area contributed by atoms with Crippen molar-refractivity contribution in [3.63, 3.8) is 0 Å². The van der Waals surface area contributed by atoms with Crippen molar-refractivity contribution >= 4 is 10.9 Å². The average Bonchev–Trinajstić information content (AvgIpc) is 2.84. The zero-order valence-corrected chi connectivity index (χ0v) is 20.9. The minimum atomic E-state index is -0.315. The molecule has 0 atom stereocenters. The maximum atomic E-state index is 15.4. The van der Waals surface area contributed by atoms with Crippen molar-refractivity contribution in [2.75, 3.05) is 0 Å². The number of hydrogen-bond donors (Lipinski definition) is 0. The van der Waals surface area contributed by atoms with Crippen LogP contribution in [-0.4, -0.2) is 5.60 Å². The highest BCUT2D eigenvalue weighted by Gasteiger charge is 2.60. The lowest BCUT2D eigenvalue weighted by atomic mass is 9.47. The Balaban J connectivity index is 1.41. The number of rotatable bonds is 6. The van der Waals surface area contributed by atoms with Crippen molar-refractivity contribution in [1.29, 1.82) is 0 Å². The van der Waals surface area contributed by atoms with Gasteiger partial charge in [-0.05, 0) is 98.1 Å². The Morgan fingerprint density at radius 3 is 1.76 bits per heavy atom. The van der Waals surface area contributed by atoms with Gasteiger partial charge in [0, 0.05) is 6.07 Å². The zero-order chi connectivity index (χ0) is 23.3. The Kier molecular flexibility index (Phi) is 5.72. The monoisotopic (exact) mass is 473 g/mol. The highest BCUT2D eigenvalue weighted by Crippen LogP contribution is 2.61. The summed E-state index contributed by atoms with van der Waals surface area (Å²) >= 11 is 0. The first-order valence-corrected chi connectivity index (χ1v) is 14.1. The minimum absolute atomic E-state index is 0.234. The third kappa shape index (κ3) is 3.68. The van der Waals surface area contributed by atoms with E-state index in [0.717, 1.165) is 16.7 Å². The summed E-state index contributed by atoms with van der Waals surface area (Å²) in [5.41, 5.74) is -0.245. The number of hydrogen-bond acceptors (Lipinski definition) is 1. The molecule has 3 aromatic rings. The molecule has 4 aliphatic carbocycles. The van der Waals surface area contributed by atoms with Crippen LogP contribution in [0.1, 0.15) is 46.0 Å². The van der Waals surface area contributed by atoms with Gasteiger partial charge in [-0.3, -0.25) is 0 Å². The molecule has 4 saturated carbocycles. The lowest BCUT2D eigenvalue weighted by Gasteiger charge is -2.62. The third-order valence-electron chi connectivity index (χ3n) is 8.70. The summed E-state index contributed by atoms with van der Waals surface area (Å²) in [6, 6.07) is 26.7. The van der Waals surface area contributed by atoms with Crippen LogP contribution in [0.2, 0.25) is 0 Å². The van der Waals surface area contributed by atoms with E-state index in [9.17, 15) is 0 Å². The second kappa shape index (κ2) is 8.75. The van der Waals surface area contributed by atoms with E-state index in [1.54, 1.807) is 6.07 Å². The van der Waals surface area contributed by atoms with Gasteiger partial charge in [-0.25, -0.2) is 4.39 Å². The van der Waals surface area contributed by atoms with Crippen LogP contribution in [0.25, 0.3) is 0 Å². The van der Waals surface area contributed by atoms with Crippen molar-refractivity contribution in [2.24, 2.45) is 29.6 Å². The van der Waals surface area contributed by atoms with Gasteiger partial charge in [0.1, 0.15) is 5.60 Å². The van der Waals surface area contributed by atoms with E-state index in [4.69, 9.17) is 4.74 Å². The fourth-order valence-electron chi connectivity index (χ4n) is 7.55. The van der Waals surface area contributed by atoms with E-state index in [2.05, 4.69) is 62.4 Å². The van der Waals surface area contributed by atoms with Crippen LogP contribution in [0.4, 0.5) is 4.39 Å². The molecule has 176 valence electrons. The van der Waals surface area contributed by atoms with Crippen LogP contribution in [0, 0.1) is 35.4 Å². The molecular formula is C31H34FOS+. The Bertz CT molecular complexity index is 1080. The van der Waals surface area contributed by atoms with Gasteiger partial charge in [-0.1, -0.05) is 50.2 Å². The Morgan fingerprint density at radius 1 is 0.735 bits per heavy atom. The highest BCUT2D eigenvalue weighted by atomic mass is 32.2. The largest absolute Gasteiger partial charge is 0.483 e. The first-order valence-electron chi connectivity index (χ1n) is 12.9. The summed E-state index contributed by atoms with van der Waals surface area (Å²) in [6.45, 7) is 4.59. The summed E-state index contributed by atoms with van der Waals surface area (Å²) < 4.78 is 22.3. The quantitative estimate of drug-likeness (QED) is 0.328. The molecule has 0 saturated heterocycles. The Hall–Kier alpha value is -2.26. The molecule has 4 fully saturated rings. The lowest BCUT2D eigenvalue weighted by Crippen LogP contribution is -2.63. The molecule has 0 aromatic heterocycles. The second-order valence-electron chi connectivity index (χ2n) is 10.9. The Labute approximate surface area is 206 Å². The molecule has 0 amide bonds. The van der Waals surface area contributed by atoms with Crippen molar-refractivity contribution in [3.05, 3.63) is 84.7 Å². The van der Waals surface area contributed by atoms with Crippen molar-refractivity contribution in [1.82, 2.24) is 0 Å². The first-order chi connectivity index (χ1) is 16.5. The van der Waals surface area contributed by atoms with Gasteiger partial charge in [0.25, 0.3) is 0 Å². The summed E-state index contributed by atoms with van der Waals surface area (Å²) in [6.07, 6.45) is 6.42. The van der Waals surface area contributed by atoms with E-state index in [1.807, 2.05) is 24.3 Å². The summed E-state index contributed by atoms with van der Waals surface area (Å²) in [5.74, 6) is 3.39. The molecule has 0 aliphatic heterocycles. The predicted octanol–water partition coefficient (Wildman–Crippen LogP) is 8.15. The normalized spacial score (nSPS) is 29.7. The first kappa shape index (κ1) is 22.2. The summed E-state index contributed by atoms with van der Waals surface area (Å²) in [4.78, 5) is 3.58. The summed E-state index contributed by atoms with van der Waals surface area (Å²) in [5, 5.41) is 0. The maximum absolute atomic E-state index is 15.4. The highest BCUT2D eigenvalue weighted by molar-refractivity contribution is 7.97. The molecule has 4 bridgehead atoms. The van der Waals surface area contributed by atoms with Gasteiger partial charge in [-0.15, -0.1) is 0 Å². The molecule has 0 unspecified atom stereocenters.